The number of benzene rings is 2. The standard InChI is InChI=1S/C29H28N8O3/c1-3-22(33-26-21(17-30)18(2)32-29(31)35-26)27-34-23-15-10-12-19(11-6-4-9-16-24(38)36-40)25(23)28(39)37(27)20-13-7-5-8-14-20/h5,7-8,10,12-15,22,40H,3-4,9,16H2,1-2H3,(H,36,38)(H3,31,32,33,35). The lowest BCUT2D eigenvalue weighted by Gasteiger charge is -2.23. The van der Waals surface area contributed by atoms with Crippen LogP contribution < -0.4 is 22.1 Å². The van der Waals surface area contributed by atoms with E-state index in [0.29, 0.717) is 52.9 Å². The predicted octanol–water partition coefficient (Wildman–Crippen LogP) is 3.53. The number of anilines is 2. The summed E-state index contributed by atoms with van der Waals surface area (Å²) in [6, 6.07) is 16.1. The number of aromatic nitrogens is 4. The van der Waals surface area contributed by atoms with Gasteiger partial charge in [-0.2, -0.15) is 10.2 Å². The van der Waals surface area contributed by atoms with E-state index < -0.39 is 11.9 Å². The second-order valence-electron chi connectivity index (χ2n) is 8.94. The smallest absolute Gasteiger partial charge is 0.267 e. The molecule has 11 nitrogen and oxygen atoms in total. The van der Waals surface area contributed by atoms with Crippen molar-refractivity contribution in [3.8, 4) is 23.6 Å². The fraction of sp³-hybridized carbons (Fsp3) is 0.241. The third-order valence-electron chi connectivity index (χ3n) is 6.24. The highest BCUT2D eigenvalue weighted by Crippen LogP contribution is 2.27. The molecule has 11 heteroatoms. The summed E-state index contributed by atoms with van der Waals surface area (Å²) in [6.45, 7) is 3.62. The molecule has 0 aliphatic carbocycles. The lowest BCUT2D eigenvalue weighted by molar-refractivity contribution is -0.129. The molecule has 4 rings (SSSR count). The fourth-order valence-corrected chi connectivity index (χ4v) is 4.31. The number of hydroxylamine groups is 1. The van der Waals surface area contributed by atoms with Gasteiger partial charge in [0.15, 0.2) is 0 Å². The SMILES string of the molecule is CCC(Nc1nc(N)nc(C)c1C#N)c1nc2cccc(C#CCCCC(=O)NO)c2c(=O)n1-c1ccccc1. The Morgan fingerprint density at radius 1 is 1.15 bits per heavy atom. The zero-order valence-electron chi connectivity index (χ0n) is 22.1. The normalized spacial score (nSPS) is 11.2. The number of aryl methyl sites for hydroxylation is 1. The number of rotatable bonds is 8. The van der Waals surface area contributed by atoms with Crippen molar-refractivity contribution in [2.45, 2.75) is 45.6 Å². The molecule has 1 unspecified atom stereocenters. The molecule has 0 fully saturated rings. The van der Waals surface area contributed by atoms with E-state index >= 15 is 0 Å². The average molecular weight is 537 g/mol. The summed E-state index contributed by atoms with van der Waals surface area (Å²) in [4.78, 5) is 38.6. The van der Waals surface area contributed by atoms with E-state index in [1.807, 2.05) is 37.3 Å². The molecule has 1 atom stereocenters. The molecular formula is C29H28N8O3. The van der Waals surface area contributed by atoms with Gasteiger partial charge in [0.2, 0.25) is 11.9 Å². The van der Waals surface area contributed by atoms with Crippen LogP contribution >= 0.6 is 0 Å². The van der Waals surface area contributed by atoms with E-state index in [9.17, 15) is 14.9 Å². The molecule has 40 heavy (non-hydrogen) atoms. The van der Waals surface area contributed by atoms with Crippen LogP contribution in [0.5, 0.6) is 0 Å². The topological polar surface area (TPSA) is 172 Å². The Morgan fingerprint density at radius 3 is 2.62 bits per heavy atom. The second kappa shape index (κ2) is 12.5. The number of nitrogens with two attached hydrogens (primary N) is 1. The van der Waals surface area contributed by atoms with Crippen molar-refractivity contribution in [2.75, 3.05) is 11.1 Å². The van der Waals surface area contributed by atoms with E-state index in [1.165, 1.54) is 0 Å². The van der Waals surface area contributed by atoms with Gasteiger partial charge in [-0.25, -0.2) is 15.4 Å². The van der Waals surface area contributed by atoms with Crippen molar-refractivity contribution < 1.29 is 10.0 Å². The predicted molar refractivity (Wildman–Crippen MR) is 151 cm³/mol. The van der Waals surface area contributed by atoms with Crippen molar-refractivity contribution in [2.24, 2.45) is 0 Å². The van der Waals surface area contributed by atoms with Crippen molar-refractivity contribution >= 4 is 28.6 Å². The van der Waals surface area contributed by atoms with Crippen molar-refractivity contribution in [1.82, 2.24) is 25.0 Å². The zero-order chi connectivity index (χ0) is 28.6. The summed E-state index contributed by atoms with van der Waals surface area (Å²) in [5.74, 6) is 6.31. The van der Waals surface area contributed by atoms with Gasteiger partial charge in [-0.3, -0.25) is 19.4 Å². The molecule has 0 bridgehead atoms. The van der Waals surface area contributed by atoms with Crippen molar-refractivity contribution in [3.05, 3.63) is 81.5 Å². The molecule has 0 aliphatic rings. The number of nitrogens with one attached hydrogen (secondary N) is 2. The Morgan fingerprint density at radius 2 is 1.93 bits per heavy atom. The van der Waals surface area contributed by atoms with Gasteiger partial charge >= 0.3 is 0 Å². The molecule has 4 aromatic rings. The molecule has 2 aromatic carbocycles. The maximum atomic E-state index is 14.1. The van der Waals surface area contributed by atoms with Crippen LogP contribution in [0.15, 0.2) is 53.3 Å². The molecule has 0 aliphatic heterocycles. The lowest BCUT2D eigenvalue weighted by atomic mass is 10.1. The highest BCUT2D eigenvalue weighted by Gasteiger charge is 2.23. The van der Waals surface area contributed by atoms with Crippen LogP contribution in [0.3, 0.4) is 0 Å². The highest BCUT2D eigenvalue weighted by molar-refractivity contribution is 5.84. The Bertz CT molecular complexity index is 1720. The quantitative estimate of drug-likeness (QED) is 0.114. The number of carbonyl (C=O) groups is 1. The van der Waals surface area contributed by atoms with Crippen LogP contribution in [0.4, 0.5) is 11.8 Å². The largest absolute Gasteiger partial charge is 0.368 e. The summed E-state index contributed by atoms with van der Waals surface area (Å²) in [5.41, 5.74) is 9.48. The maximum absolute atomic E-state index is 14.1. The summed E-state index contributed by atoms with van der Waals surface area (Å²) < 4.78 is 1.55. The first kappa shape index (κ1) is 27.8. The van der Waals surface area contributed by atoms with E-state index in [1.54, 1.807) is 35.2 Å². The minimum Gasteiger partial charge on any atom is -0.368 e. The van der Waals surface area contributed by atoms with Gasteiger partial charge in [0, 0.05) is 18.4 Å². The van der Waals surface area contributed by atoms with Gasteiger partial charge in [-0.05, 0) is 44.0 Å². The fourth-order valence-electron chi connectivity index (χ4n) is 4.31. The third-order valence-corrected chi connectivity index (χ3v) is 6.24. The highest BCUT2D eigenvalue weighted by atomic mass is 16.5. The van der Waals surface area contributed by atoms with Crippen LogP contribution in [0, 0.1) is 30.1 Å². The van der Waals surface area contributed by atoms with Crippen LogP contribution in [0.1, 0.15) is 61.3 Å². The van der Waals surface area contributed by atoms with Crippen LogP contribution in [0.2, 0.25) is 0 Å². The van der Waals surface area contributed by atoms with Gasteiger partial charge < -0.3 is 11.1 Å². The maximum Gasteiger partial charge on any atom is 0.267 e. The van der Waals surface area contributed by atoms with Gasteiger partial charge in [-0.1, -0.05) is 43.0 Å². The monoisotopic (exact) mass is 536 g/mol. The van der Waals surface area contributed by atoms with E-state index in [4.69, 9.17) is 15.9 Å². The first-order valence-corrected chi connectivity index (χ1v) is 12.7. The molecule has 0 saturated heterocycles. The van der Waals surface area contributed by atoms with Crippen LogP contribution in [0.25, 0.3) is 16.6 Å². The van der Waals surface area contributed by atoms with Gasteiger partial charge in [0.1, 0.15) is 23.3 Å². The summed E-state index contributed by atoms with van der Waals surface area (Å²) in [5, 5.41) is 22.0. The van der Waals surface area contributed by atoms with E-state index in [-0.39, 0.29) is 29.3 Å². The van der Waals surface area contributed by atoms with Gasteiger partial charge in [0.25, 0.3) is 5.56 Å². The number of fused-ring (bicyclic) bond motifs is 1. The number of amides is 1. The first-order chi connectivity index (χ1) is 19.4. The Kier molecular flexibility index (Phi) is 8.69. The molecule has 1 amide bonds. The number of unbranched alkanes of at least 4 members (excludes halogenated alkanes) is 1. The number of para-hydroxylation sites is 1. The molecular weight excluding hydrogens is 508 g/mol. The Balaban J connectivity index is 1.86. The lowest BCUT2D eigenvalue weighted by Crippen LogP contribution is -2.29. The van der Waals surface area contributed by atoms with Crippen LogP contribution in [-0.2, 0) is 4.79 Å². The molecule has 2 heterocycles. The summed E-state index contributed by atoms with van der Waals surface area (Å²) in [7, 11) is 0. The van der Waals surface area contributed by atoms with Crippen molar-refractivity contribution in [3.63, 3.8) is 0 Å². The average Bonchev–Trinajstić information content (AvgIpc) is 2.95. The summed E-state index contributed by atoms with van der Waals surface area (Å²) in [6.07, 6.45) is 1.53. The molecule has 0 saturated carbocycles. The van der Waals surface area contributed by atoms with Gasteiger partial charge in [0.05, 0.1) is 28.3 Å². The number of nitriles is 1. The third kappa shape index (κ3) is 5.90. The molecule has 5 N–H and O–H groups in total. The summed E-state index contributed by atoms with van der Waals surface area (Å²) >= 11 is 0. The number of hydrogen-bond acceptors (Lipinski definition) is 9. The Hall–Kier alpha value is -5.26. The molecule has 202 valence electrons. The minimum atomic E-state index is -0.509. The molecule has 0 radical (unpaired) electrons. The number of carbonyl (C=O) groups excluding carboxylic acids is 1. The van der Waals surface area contributed by atoms with E-state index in [0.717, 1.165) is 0 Å². The van der Waals surface area contributed by atoms with Crippen molar-refractivity contribution in [1.29, 1.82) is 5.26 Å². The Labute approximate surface area is 230 Å². The number of nitrogen functional groups attached to an aromatic ring is 1. The minimum absolute atomic E-state index is 0.0287. The number of nitrogens with zero attached hydrogens (tertiary/aromatic N) is 5. The van der Waals surface area contributed by atoms with Crippen LogP contribution in [-0.4, -0.2) is 30.6 Å². The zero-order valence-corrected chi connectivity index (χ0v) is 22.1. The first-order valence-electron chi connectivity index (χ1n) is 12.7. The molecule has 2 aromatic heterocycles. The molecule has 0 spiro atoms. The van der Waals surface area contributed by atoms with E-state index in [2.05, 4.69) is 33.2 Å². The van der Waals surface area contributed by atoms with Gasteiger partial charge in [-0.15, -0.1) is 0 Å². The number of hydrogen-bond donors (Lipinski definition) is 4. The second-order valence-corrected chi connectivity index (χ2v) is 8.94.